The largest absolute Gasteiger partial charge is 0.494 e. The molecule has 0 fully saturated rings. The molecule has 0 heterocycles. The van der Waals surface area contributed by atoms with Crippen LogP contribution < -0.4 is 15.6 Å². The number of amides is 2. The quantitative estimate of drug-likeness (QED) is 0.827. The molecule has 0 aliphatic carbocycles. The van der Waals surface area contributed by atoms with E-state index >= 15 is 0 Å². The van der Waals surface area contributed by atoms with Crippen molar-refractivity contribution in [1.29, 1.82) is 0 Å². The highest BCUT2D eigenvalue weighted by Crippen LogP contribution is 2.12. The third-order valence-electron chi connectivity index (χ3n) is 3.02. The molecule has 0 saturated heterocycles. The summed E-state index contributed by atoms with van der Waals surface area (Å²) in [5.74, 6) is -0.0139. The molecule has 2 rings (SSSR count). The van der Waals surface area contributed by atoms with Gasteiger partial charge in [-0.15, -0.1) is 0 Å². The fourth-order valence-corrected chi connectivity index (χ4v) is 2.03. The van der Waals surface area contributed by atoms with Crippen LogP contribution >= 0.6 is 11.6 Å². The first kappa shape index (κ1) is 16.8. The second-order valence-corrected chi connectivity index (χ2v) is 5.20. The Morgan fingerprint density at radius 3 is 2.26 bits per heavy atom. The highest BCUT2D eigenvalue weighted by Gasteiger charge is 2.08. The van der Waals surface area contributed by atoms with Crippen LogP contribution in [0.25, 0.3) is 0 Å². The zero-order chi connectivity index (χ0) is 16.7. The second kappa shape index (κ2) is 8.19. The first-order valence-corrected chi connectivity index (χ1v) is 7.52. The van der Waals surface area contributed by atoms with E-state index < -0.39 is 5.91 Å². The predicted molar refractivity (Wildman–Crippen MR) is 88.4 cm³/mol. The summed E-state index contributed by atoms with van der Waals surface area (Å²) in [4.78, 5) is 23.7. The maximum absolute atomic E-state index is 11.9. The van der Waals surface area contributed by atoms with Crippen molar-refractivity contribution >= 4 is 23.4 Å². The summed E-state index contributed by atoms with van der Waals surface area (Å²) in [6.07, 6.45) is 0.153. The van der Waals surface area contributed by atoms with Crippen LogP contribution in [0.4, 0.5) is 0 Å². The van der Waals surface area contributed by atoms with Gasteiger partial charge in [0.05, 0.1) is 13.0 Å². The maximum Gasteiger partial charge on any atom is 0.269 e. The van der Waals surface area contributed by atoms with Gasteiger partial charge in [-0.05, 0) is 48.9 Å². The number of hydrogen-bond acceptors (Lipinski definition) is 3. The molecule has 2 amide bonds. The maximum atomic E-state index is 11.9. The molecule has 0 bridgehead atoms. The fourth-order valence-electron chi connectivity index (χ4n) is 1.90. The number of benzene rings is 2. The van der Waals surface area contributed by atoms with Crippen LogP contribution in [0.3, 0.4) is 0 Å². The van der Waals surface area contributed by atoms with E-state index in [2.05, 4.69) is 10.9 Å². The summed E-state index contributed by atoms with van der Waals surface area (Å²) >= 11 is 5.78. The molecule has 6 heteroatoms. The molecule has 2 aromatic rings. The van der Waals surface area contributed by atoms with Crippen molar-refractivity contribution < 1.29 is 14.3 Å². The highest BCUT2D eigenvalue weighted by atomic mass is 35.5. The lowest BCUT2D eigenvalue weighted by Gasteiger charge is -2.08. The number of rotatable bonds is 5. The van der Waals surface area contributed by atoms with Crippen molar-refractivity contribution in [3.05, 3.63) is 64.7 Å². The molecule has 0 aliphatic rings. The van der Waals surface area contributed by atoms with Crippen LogP contribution in [-0.4, -0.2) is 18.4 Å². The number of hydrazine groups is 1. The Kier molecular flexibility index (Phi) is 6.00. The SMILES string of the molecule is CCOc1ccc(C(=O)NNC(=O)Cc2ccc(Cl)cc2)cc1. The van der Waals surface area contributed by atoms with Crippen molar-refractivity contribution in [3.63, 3.8) is 0 Å². The van der Waals surface area contributed by atoms with Crippen molar-refractivity contribution in [3.8, 4) is 5.75 Å². The van der Waals surface area contributed by atoms with Gasteiger partial charge in [0.1, 0.15) is 5.75 Å². The number of halogens is 1. The second-order valence-electron chi connectivity index (χ2n) is 4.76. The number of hydrogen-bond donors (Lipinski definition) is 2. The first-order chi connectivity index (χ1) is 11.1. The molecule has 0 aromatic heterocycles. The minimum atomic E-state index is -0.391. The van der Waals surface area contributed by atoms with Crippen LogP contribution in [0.2, 0.25) is 5.02 Å². The summed E-state index contributed by atoms with van der Waals surface area (Å²) in [5, 5.41) is 0.609. The van der Waals surface area contributed by atoms with E-state index in [9.17, 15) is 9.59 Å². The van der Waals surface area contributed by atoms with Gasteiger partial charge in [0.15, 0.2) is 0 Å². The van der Waals surface area contributed by atoms with E-state index in [4.69, 9.17) is 16.3 Å². The van der Waals surface area contributed by atoms with Gasteiger partial charge in [-0.2, -0.15) is 0 Å². The van der Waals surface area contributed by atoms with Crippen LogP contribution in [-0.2, 0) is 11.2 Å². The molecule has 120 valence electrons. The monoisotopic (exact) mass is 332 g/mol. The molecule has 23 heavy (non-hydrogen) atoms. The van der Waals surface area contributed by atoms with Crippen molar-refractivity contribution in [1.82, 2.24) is 10.9 Å². The number of carbonyl (C=O) groups is 2. The molecular weight excluding hydrogens is 316 g/mol. The number of carbonyl (C=O) groups excluding carboxylic acids is 2. The van der Waals surface area contributed by atoms with Crippen molar-refractivity contribution in [2.24, 2.45) is 0 Å². The first-order valence-electron chi connectivity index (χ1n) is 7.15. The van der Waals surface area contributed by atoms with Crippen LogP contribution in [0.5, 0.6) is 5.75 Å². The average molecular weight is 333 g/mol. The molecule has 0 spiro atoms. The van der Waals surface area contributed by atoms with Crippen molar-refractivity contribution in [2.75, 3.05) is 6.61 Å². The van der Waals surface area contributed by atoms with E-state index in [0.717, 1.165) is 5.56 Å². The minimum Gasteiger partial charge on any atom is -0.494 e. The predicted octanol–water partition coefficient (Wildman–Crippen LogP) is 2.74. The van der Waals surface area contributed by atoms with Gasteiger partial charge in [-0.25, -0.2) is 0 Å². The van der Waals surface area contributed by atoms with E-state index in [1.807, 2.05) is 6.92 Å². The van der Waals surface area contributed by atoms with Crippen LogP contribution in [0, 0.1) is 0 Å². The fraction of sp³-hybridized carbons (Fsp3) is 0.176. The van der Waals surface area contributed by atoms with Gasteiger partial charge in [0.2, 0.25) is 5.91 Å². The van der Waals surface area contributed by atoms with Gasteiger partial charge in [-0.1, -0.05) is 23.7 Å². The zero-order valence-electron chi connectivity index (χ0n) is 12.6. The third kappa shape index (κ3) is 5.30. The smallest absolute Gasteiger partial charge is 0.269 e. The third-order valence-corrected chi connectivity index (χ3v) is 3.27. The standard InChI is InChI=1S/C17H17ClN2O3/c1-2-23-15-9-5-13(6-10-15)17(22)20-19-16(21)11-12-3-7-14(18)8-4-12/h3-10H,2,11H2,1H3,(H,19,21)(H,20,22). The lowest BCUT2D eigenvalue weighted by atomic mass is 10.1. The summed E-state index contributed by atoms with van der Waals surface area (Å²) in [5.41, 5.74) is 6.00. The molecule has 0 atom stereocenters. The average Bonchev–Trinajstić information content (AvgIpc) is 2.56. The topological polar surface area (TPSA) is 67.4 Å². The van der Waals surface area contributed by atoms with E-state index in [1.54, 1.807) is 48.5 Å². The molecule has 5 nitrogen and oxygen atoms in total. The Bertz CT molecular complexity index is 669. The van der Waals surface area contributed by atoms with Crippen molar-refractivity contribution in [2.45, 2.75) is 13.3 Å². The Morgan fingerprint density at radius 2 is 1.65 bits per heavy atom. The van der Waals surface area contributed by atoms with Gasteiger partial charge >= 0.3 is 0 Å². The number of nitrogens with one attached hydrogen (secondary N) is 2. The number of ether oxygens (including phenoxy) is 1. The summed E-state index contributed by atoms with van der Waals surface area (Å²) in [6.45, 7) is 2.45. The minimum absolute atomic E-state index is 0.153. The van der Waals surface area contributed by atoms with Crippen LogP contribution in [0.1, 0.15) is 22.8 Å². The molecule has 0 unspecified atom stereocenters. The summed E-state index contributed by atoms with van der Waals surface area (Å²) in [6, 6.07) is 13.6. The molecule has 2 N–H and O–H groups in total. The Labute approximate surface area is 139 Å². The Hall–Kier alpha value is -2.53. The van der Waals surface area contributed by atoms with Gasteiger partial charge in [-0.3, -0.25) is 20.4 Å². The van der Waals surface area contributed by atoms with Crippen LogP contribution in [0.15, 0.2) is 48.5 Å². The normalized spacial score (nSPS) is 10.0. The Balaban J connectivity index is 1.83. The Morgan fingerprint density at radius 1 is 1.00 bits per heavy atom. The van der Waals surface area contributed by atoms with Gasteiger partial charge < -0.3 is 4.74 Å². The summed E-state index contributed by atoms with van der Waals surface area (Å²) < 4.78 is 5.30. The zero-order valence-corrected chi connectivity index (χ0v) is 13.4. The highest BCUT2D eigenvalue weighted by molar-refractivity contribution is 6.30. The van der Waals surface area contributed by atoms with E-state index in [-0.39, 0.29) is 12.3 Å². The molecule has 0 radical (unpaired) electrons. The van der Waals surface area contributed by atoms with Gasteiger partial charge in [0.25, 0.3) is 5.91 Å². The lowest BCUT2D eigenvalue weighted by molar-refractivity contribution is -0.121. The molecule has 2 aromatic carbocycles. The molecule has 0 aliphatic heterocycles. The van der Waals surface area contributed by atoms with E-state index in [0.29, 0.717) is 22.9 Å². The van der Waals surface area contributed by atoms with E-state index in [1.165, 1.54) is 0 Å². The van der Waals surface area contributed by atoms with Gasteiger partial charge in [0, 0.05) is 10.6 Å². The summed E-state index contributed by atoms with van der Waals surface area (Å²) in [7, 11) is 0. The lowest BCUT2D eigenvalue weighted by Crippen LogP contribution is -2.42. The molecular formula is C17H17ClN2O3. The molecule has 0 saturated carbocycles.